The van der Waals surface area contributed by atoms with Crippen LogP contribution in [0, 0.1) is 0 Å². The molecule has 1 unspecified atom stereocenters. The van der Waals surface area contributed by atoms with Gasteiger partial charge < -0.3 is 14.6 Å². The molecule has 1 saturated heterocycles. The van der Waals surface area contributed by atoms with Gasteiger partial charge in [-0.1, -0.05) is 6.07 Å². The molecule has 156 valence electrons. The summed E-state index contributed by atoms with van der Waals surface area (Å²) in [6.45, 7) is 1.64. The van der Waals surface area contributed by atoms with Crippen LogP contribution in [0.5, 0.6) is 0 Å². The first-order chi connectivity index (χ1) is 13.2. The molecule has 8 heteroatoms. The van der Waals surface area contributed by atoms with Crippen LogP contribution in [0.3, 0.4) is 0 Å². The predicted octanol–water partition coefficient (Wildman–Crippen LogP) is 4.29. The highest BCUT2D eigenvalue weighted by Crippen LogP contribution is 2.24. The SMILES string of the molecule is CNC1CCCN(C(=O)c2ccc(SCc3cn4ccccc4n3)cc2)C1.Cl.Cl. The van der Waals surface area contributed by atoms with Gasteiger partial charge in [0, 0.05) is 47.7 Å². The number of nitrogens with one attached hydrogen (secondary N) is 1. The van der Waals surface area contributed by atoms with Gasteiger partial charge in [-0.2, -0.15) is 0 Å². The van der Waals surface area contributed by atoms with Crippen LogP contribution in [0.15, 0.2) is 59.8 Å². The van der Waals surface area contributed by atoms with E-state index in [1.165, 1.54) is 0 Å². The fraction of sp³-hybridized carbons (Fsp3) is 0.333. The number of likely N-dealkylation sites (N-methyl/N-ethyl adjacent to an activating group) is 1. The number of piperidine rings is 1. The number of carbonyl (C=O) groups excluding carboxylic acids is 1. The van der Waals surface area contributed by atoms with Gasteiger partial charge in [0.1, 0.15) is 5.65 Å². The van der Waals surface area contributed by atoms with Crippen molar-refractivity contribution in [2.75, 3.05) is 20.1 Å². The first kappa shape index (κ1) is 23.5. The van der Waals surface area contributed by atoms with Gasteiger partial charge in [0.25, 0.3) is 5.91 Å². The van der Waals surface area contributed by atoms with Crippen molar-refractivity contribution in [3.05, 3.63) is 66.1 Å². The number of likely N-dealkylation sites (tertiary alicyclic amines) is 1. The molecule has 0 aliphatic carbocycles. The van der Waals surface area contributed by atoms with Crippen molar-refractivity contribution in [2.24, 2.45) is 0 Å². The van der Waals surface area contributed by atoms with Gasteiger partial charge in [0.2, 0.25) is 0 Å². The molecular weight excluding hydrogens is 427 g/mol. The van der Waals surface area contributed by atoms with Crippen LogP contribution in [0.25, 0.3) is 5.65 Å². The zero-order valence-electron chi connectivity index (χ0n) is 16.3. The van der Waals surface area contributed by atoms with E-state index < -0.39 is 0 Å². The molecule has 1 aromatic carbocycles. The van der Waals surface area contributed by atoms with E-state index in [2.05, 4.69) is 16.5 Å². The molecule has 1 aliphatic rings. The first-order valence-electron chi connectivity index (χ1n) is 9.35. The van der Waals surface area contributed by atoms with Gasteiger partial charge in [0.15, 0.2) is 0 Å². The number of nitrogens with zero attached hydrogens (tertiary/aromatic N) is 3. The van der Waals surface area contributed by atoms with Crippen LogP contribution in [0.1, 0.15) is 28.9 Å². The third-order valence-electron chi connectivity index (χ3n) is 5.02. The maximum absolute atomic E-state index is 12.7. The predicted molar refractivity (Wildman–Crippen MR) is 124 cm³/mol. The Morgan fingerprint density at radius 2 is 2.00 bits per heavy atom. The monoisotopic (exact) mass is 452 g/mol. The number of thioether (sulfide) groups is 1. The standard InChI is InChI=1S/C21H24N4OS.2ClH/c1-22-17-5-4-12-25(13-17)21(26)16-7-9-19(10-8-16)27-15-18-14-24-11-3-2-6-20(24)23-18;;/h2-3,6-11,14,17,22H,4-5,12-13,15H2,1H3;2*1H. The summed E-state index contributed by atoms with van der Waals surface area (Å²) in [5.74, 6) is 0.942. The van der Waals surface area contributed by atoms with Crippen molar-refractivity contribution in [1.82, 2.24) is 19.6 Å². The van der Waals surface area contributed by atoms with Crippen molar-refractivity contribution in [1.29, 1.82) is 0 Å². The average molecular weight is 453 g/mol. The zero-order valence-corrected chi connectivity index (χ0v) is 18.7. The van der Waals surface area contributed by atoms with Crippen LogP contribution in [0.2, 0.25) is 0 Å². The number of fused-ring (bicyclic) bond motifs is 1. The van der Waals surface area contributed by atoms with Crippen molar-refractivity contribution in [3.63, 3.8) is 0 Å². The molecular formula is C21H26Cl2N4OS. The average Bonchev–Trinajstić information content (AvgIpc) is 3.15. The molecule has 1 aliphatic heterocycles. The Kier molecular flexibility index (Phi) is 8.83. The summed E-state index contributed by atoms with van der Waals surface area (Å²) in [4.78, 5) is 20.5. The highest BCUT2D eigenvalue weighted by Gasteiger charge is 2.23. The lowest BCUT2D eigenvalue weighted by Crippen LogP contribution is -2.46. The van der Waals surface area contributed by atoms with Crippen LogP contribution < -0.4 is 5.32 Å². The Bertz CT molecular complexity index is 899. The number of carbonyl (C=O) groups is 1. The lowest BCUT2D eigenvalue weighted by molar-refractivity contribution is 0.0698. The number of hydrogen-bond donors (Lipinski definition) is 1. The van der Waals surface area contributed by atoms with Crippen molar-refractivity contribution >= 4 is 48.1 Å². The largest absolute Gasteiger partial charge is 0.337 e. The number of benzene rings is 1. The summed E-state index contributed by atoms with van der Waals surface area (Å²) in [7, 11) is 1.97. The summed E-state index contributed by atoms with van der Waals surface area (Å²) < 4.78 is 2.04. The van der Waals surface area contributed by atoms with E-state index in [4.69, 9.17) is 0 Å². The molecule has 1 N–H and O–H groups in total. The molecule has 4 rings (SSSR count). The molecule has 0 radical (unpaired) electrons. The molecule has 0 spiro atoms. The van der Waals surface area contributed by atoms with Crippen molar-refractivity contribution in [3.8, 4) is 0 Å². The number of imidazole rings is 1. The molecule has 0 saturated carbocycles. The minimum absolute atomic E-state index is 0. The van der Waals surface area contributed by atoms with E-state index in [1.54, 1.807) is 11.8 Å². The van der Waals surface area contributed by atoms with E-state index in [0.29, 0.717) is 6.04 Å². The van der Waals surface area contributed by atoms with Gasteiger partial charge >= 0.3 is 0 Å². The summed E-state index contributed by atoms with van der Waals surface area (Å²) >= 11 is 1.74. The summed E-state index contributed by atoms with van der Waals surface area (Å²) in [6, 6.07) is 14.4. The molecule has 29 heavy (non-hydrogen) atoms. The van der Waals surface area contributed by atoms with Gasteiger partial charge in [-0.25, -0.2) is 4.98 Å². The second-order valence-corrected chi connectivity index (χ2v) is 7.94. The molecule has 3 aromatic rings. The van der Waals surface area contributed by atoms with E-state index in [9.17, 15) is 4.79 Å². The molecule has 1 atom stereocenters. The molecule has 0 bridgehead atoms. The highest BCUT2D eigenvalue weighted by atomic mass is 35.5. The van der Waals surface area contributed by atoms with Crippen molar-refractivity contribution in [2.45, 2.75) is 29.5 Å². The van der Waals surface area contributed by atoms with Gasteiger partial charge in [-0.05, 0) is 56.3 Å². The Morgan fingerprint density at radius 1 is 1.21 bits per heavy atom. The Morgan fingerprint density at radius 3 is 2.72 bits per heavy atom. The Balaban J connectivity index is 0.00000150. The lowest BCUT2D eigenvalue weighted by Gasteiger charge is -2.32. The second-order valence-electron chi connectivity index (χ2n) is 6.89. The lowest BCUT2D eigenvalue weighted by atomic mass is 10.0. The van der Waals surface area contributed by atoms with E-state index >= 15 is 0 Å². The van der Waals surface area contributed by atoms with Crippen molar-refractivity contribution < 1.29 is 4.79 Å². The zero-order chi connectivity index (χ0) is 18.6. The Hall–Kier alpha value is -1.73. The van der Waals surface area contributed by atoms with Gasteiger partial charge in [-0.3, -0.25) is 4.79 Å². The van der Waals surface area contributed by atoms with Gasteiger partial charge in [-0.15, -0.1) is 36.6 Å². The van der Waals surface area contributed by atoms with Crippen LogP contribution >= 0.6 is 36.6 Å². The molecule has 1 fully saturated rings. The number of aromatic nitrogens is 2. The second kappa shape index (κ2) is 10.9. The minimum atomic E-state index is 0. The van der Waals surface area contributed by atoms with E-state index in [0.717, 1.165) is 53.5 Å². The number of halogens is 2. The normalized spacial score (nSPS) is 16.2. The van der Waals surface area contributed by atoms with E-state index in [-0.39, 0.29) is 30.7 Å². The summed E-state index contributed by atoms with van der Waals surface area (Å²) in [6.07, 6.45) is 6.27. The Labute approximate surface area is 188 Å². The summed E-state index contributed by atoms with van der Waals surface area (Å²) in [5.41, 5.74) is 2.79. The van der Waals surface area contributed by atoms with E-state index in [1.807, 2.05) is 65.0 Å². The molecule has 2 aromatic heterocycles. The molecule has 1 amide bonds. The third-order valence-corrected chi connectivity index (χ3v) is 6.06. The van der Waals surface area contributed by atoms with Crippen LogP contribution in [-0.4, -0.2) is 46.4 Å². The third kappa shape index (κ3) is 5.66. The molecule has 5 nitrogen and oxygen atoms in total. The van der Waals surface area contributed by atoms with Gasteiger partial charge in [0.05, 0.1) is 5.69 Å². The topological polar surface area (TPSA) is 49.6 Å². The highest BCUT2D eigenvalue weighted by molar-refractivity contribution is 7.98. The molecule has 3 heterocycles. The van der Waals surface area contributed by atoms with Crippen LogP contribution in [0.4, 0.5) is 0 Å². The summed E-state index contributed by atoms with van der Waals surface area (Å²) in [5, 5.41) is 3.29. The smallest absolute Gasteiger partial charge is 0.253 e. The minimum Gasteiger partial charge on any atom is -0.337 e. The maximum atomic E-state index is 12.7. The number of hydrogen-bond acceptors (Lipinski definition) is 4. The number of pyridine rings is 1. The number of rotatable bonds is 5. The maximum Gasteiger partial charge on any atom is 0.253 e. The number of amides is 1. The quantitative estimate of drug-likeness (QED) is 0.586. The fourth-order valence-electron chi connectivity index (χ4n) is 3.49. The fourth-order valence-corrected chi connectivity index (χ4v) is 4.27. The van der Waals surface area contributed by atoms with Crippen LogP contribution in [-0.2, 0) is 5.75 Å². The first-order valence-corrected chi connectivity index (χ1v) is 10.3.